The van der Waals surface area contributed by atoms with Crippen molar-refractivity contribution in [2.75, 3.05) is 39.5 Å². The zero-order chi connectivity index (χ0) is 20.4. The van der Waals surface area contributed by atoms with Crippen LogP contribution in [0.3, 0.4) is 0 Å². The van der Waals surface area contributed by atoms with Gasteiger partial charge in [0.15, 0.2) is 5.92 Å². The van der Waals surface area contributed by atoms with Gasteiger partial charge >= 0.3 is 11.9 Å². The molecule has 1 aromatic carbocycles. The first-order chi connectivity index (χ1) is 13.6. The first kappa shape index (κ1) is 22.0. The van der Waals surface area contributed by atoms with E-state index in [9.17, 15) is 9.59 Å². The van der Waals surface area contributed by atoms with Gasteiger partial charge in [0, 0.05) is 19.3 Å². The number of hydrogen-bond donors (Lipinski definition) is 0. The average Bonchev–Trinajstić information content (AvgIpc) is 2.70. The van der Waals surface area contributed by atoms with Crippen molar-refractivity contribution in [1.82, 2.24) is 4.90 Å². The van der Waals surface area contributed by atoms with Gasteiger partial charge < -0.3 is 14.2 Å². The number of aliphatic imine (C=N–C) groups is 1. The molecule has 2 rings (SSSR count). The summed E-state index contributed by atoms with van der Waals surface area (Å²) in [5.41, 5.74) is 1.14. The summed E-state index contributed by atoms with van der Waals surface area (Å²) in [7, 11) is 0. The number of carbonyl (C=O) groups excluding carboxylic acids is 2. The molecule has 1 aliphatic heterocycles. The second kappa shape index (κ2) is 11.6. The normalized spacial score (nSPS) is 17.4. The first-order valence-corrected chi connectivity index (χ1v) is 9.81. The van der Waals surface area contributed by atoms with Crippen molar-refractivity contribution in [2.45, 2.75) is 32.9 Å². The summed E-state index contributed by atoms with van der Waals surface area (Å²) in [6.45, 7) is 8.72. The predicted octanol–water partition coefficient (Wildman–Crippen LogP) is 2.26. The van der Waals surface area contributed by atoms with Gasteiger partial charge in [0.05, 0.1) is 38.5 Å². The monoisotopic (exact) mass is 390 g/mol. The van der Waals surface area contributed by atoms with E-state index in [-0.39, 0.29) is 25.3 Å². The summed E-state index contributed by atoms with van der Waals surface area (Å²) in [5, 5.41) is 0. The molecule has 7 nitrogen and oxygen atoms in total. The molecule has 1 heterocycles. The molecule has 0 aliphatic carbocycles. The van der Waals surface area contributed by atoms with E-state index in [4.69, 9.17) is 14.2 Å². The Labute approximate surface area is 166 Å². The summed E-state index contributed by atoms with van der Waals surface area (Å²) < 4.78 is 15.5. The van der Waals surface area contributed by atoms with Crippen molar-refractivity contribution in [2.24, 2.45) is 10.9 Å². The highest BCUT2D eigenvalue weighted by Gasteiger charge is 2.30. The maximum atomic E-state index is 12.2. The van der Waals surface area contributed by atoms with Gasteiger partial charge in [-0.2, -0.15) is 0 Å². The number of carbonyl (C=O) groups is 2. The van der Waals surface area contributed by atoms with E-state index < -0.39 is 17.9 Å². The molecule has 0 amide bonds. The van der Waals surface area contributed by atoms with Gasteiger partial charge in [-0.25, -0.2) is 0 Å². The van der Waals surface area contributed by atoms with Gasteiger partial charge in [0.1, 0.15) is 0 Å². The molecule has 28 heavy (non-hydrogen) atoms. The number of hydrogen-bond acceptors (Lipinski definition) is 7. The quantitative estimate of drug-likeness (QED) is 0.366. The second-order valence-electron chi connectivity index (χ2n) is 6.52. The number of esters is 2. The standard InChI is InChI=1S/C21H30N2O5/c1-4-27-20(24)18(21(25)28-5-2)15-22-16(3)19(17-9-7-6-8-10-17)23-11-13-26-14-12-23/h6-10,15-16,18-19H,4-5,11-14H2,1-3H3/t16-,19-/m0/s1. The Bertz CT molecular complexity index is 625. The van der Waals surface area contributed by atoms with Crippen LogP contribution >= 0.6 is 0 Å². The first-order valence-electron chi connectivity index (χ1n) is 9.81. The maximum Gasteiger partial charge on any atom is 0.325 e. The Morgan fingerprint density at radius 2 is 1.68 bits per heavy atom. The molecule has 0 unspecified atom stereocenters. The topological polar surface area (TPSA) is 77.4 Å². The highest BCUT2D eigenvalue weighted by molar-refractivity contribution is 6.09. The molecule has 1 aliphatic rings. The molecule has 154 valence electrons. The van der Waals surface area contributed by atoms with Crippen molar-refractivity contribution in [3.63, 3.8) is 0 Å². The number of morpholine rings is 1. The van der Waals surface area contributed by atoms with E-state index in [0.29, 0.717) is 13.2 Å². The lowest BCUT2D eigenvalue weighted by Crippen LogP contribution is -2.42. The van der Waals surface area contributed by atoms with Crippen molar-refractivity contribution in [1.29, 1.82) is 0 Å². The molecular weight excluding hydrogens is 360 g/mol. The van der Waals surface area contributed by atoms with Crippen LogP contribution in [0.25, 0.3) is 0 Å². The summed E-state index contributed by atoms with van der Waals surface area (Å²) in [6.07, 6.45) is 1.37. The van der Waals surface area contributed by atoms with Crippen molar-refractivity contribution >= 4 is 18.2 Å². The molecule has 1 saturated heterocycles. The number of ether oxygens (including phenoxy) is 3. The Kier molecular flexibility index (Phi) is 9.10. The summed E-state index contributed by atoms with van der Waals surface area (Å²) in [4.78, 5) is 31.2. The highest BCUT2D eigenvalue weighted by Crippen LogP contribution is 2.27. The number of rotatable bonds is 9. The smallest absolute Gasteiger partial charge is 0.325 e. The molecular formula is C21H30N2O5. The largest absolute Gasteiger partial charge is 0.465 e. The van der Waals surface area contributed by atoms with Crippen LogP contribution in [0.15, 0.2) is 35.3 Å². The zero-order valence-electron chi connectivity index (χ0n) is 16.9. The summed E-state index contributed by atoms with van der Waals surface area (Å²) in [5.74, 6) is -2.43. The minimum absolute atomic E-state index is 0.0198. The minimum atomic E-state index is -1.15. The molecule has 0 bridgehead atoms. The molecule has 1 aromatic rings. The van der Waals surface area contributed by atoms with E-state index in [0.717, 1.165) is 18.7 Å². The Balaban J connectivity index is 2.22. The molecule has 2 atom stereocenters. The van der Waals surface area contributed by atoms with Crippen LogP contribution in [0, 0.1) is 5.92 Å². The van der Waals surface area contributed by atoms with Crippen LogP contribution in [0.4, 0.5) is 0 Å². The number of nitrogens with zero attached hydrogens (tertiary/aromatic N) is 2. The van der Waals surface area contributed by atoms with E-state index >= 15 is 0 Å². The van der Waals surface area contributed by atoms with Gasteiger partial charge in [-0.1, -0.05) is 30.3 Å². The van der Waals surface area contributed by atoms with Crippen LogP contribution in [-0.2, 0) is 23.8 Å². The van der Waals surface area contributed by atoms with Gasteiger partial charge in [-0.15, -0.1) is 0 Å². The third-order valence-corrected chi connectivity index (χ3v) is 4.59. The van der Waals surface area contributed by atoms with Crippen molar-refractivity contribution in [3.8, 4) is 0 Å². The molecule has 7 heteroatoms. The van der Waals surface area contributed by atoms with E-state index in [1.807, 2.05) is 25.1 Å². The molecule has 0 spiro atoms. The van der Waals surface area contributed by atoms with Gasteiger partial charge in [-0.05, 0) is 26.3 Å². The van der Waals surface area contributed by atoms with Gasteiger partial charge in [0.25, 0.3) is 0 Å². The molecule has 0 radical (unpaired) electrons. The average molecular weight is 390 g/mol. The maximum absolute atomic E-state index is 12.2. The lowest BCUT2D eigenvalue weighted by molar-refractivity contribution is -0.157. The lowest BCUT2D eigenvalue weighted by Gasteiger charge is -2.37. The Morgan fingerprint density at radius 3 is 2.21 bits per heavy atom. The minimum Gasteiger partial charge on any atom is -0.465 e. The Hall–Kier alpha value is -2.25. The summed E-state index contributed by atoms with van der Waals surface area (Å²) >= 11 is 0. The Morgan fingerprint density at radius 1 is 1.11 bits per heavy atom. The second-order valence-corrected chi connectivity index (χ2v) is 6.52. The zero-order valence-corrected chi connectivity index (χ0v) is 16.9. The van der Waals surface area contributed by atoms with Crippen LogP contribution in [0.1, 0.15) is 32.4 Å². The lowest BCUT2D eigenvalue weighted by atomic mass is 9.98. The van der Waals surface area contributed by atoms with Crippen molar-refractivity contribution in [3.05, 3.63) is 35.9 Å². The summed E-state index contributed by atoms with van der Waals surface area (Å²) in [6, 6.07) is 9.96. The fourth-order valence-corrected chi connectivity index (χ4v) is 3.29. The predicted molar refractivity (Wildman–Crippen MR) is 106 cm³/mol. The van der Waals surface area contributed by atoms with Crippen molar-refractivity contribution < 1.29 is 23.8 Å². The molecule has 0 aromatic heterocycles. The van der Waals surface area contributed by atoms with E-state index in [1.54, 1.807) is 13.8 Å². The molecule has 0 saturated carbocycles. The van der Waals surface area contributed by atoms with E-state index in [2.05, 4.69) is 22.0 Å². The van der Waals surface area contributed by atoms with E-state index in [1.165, 1.54) is 6.21 Å². The molecule has 0 N–H and O–H groups in total. The van der Waals surface area contributed by atoms with Crippen LogP contribution < -0.4 is 0 Å². The van der Waals surface area contributed by atoms with Gasteiger partial charge in [0.2, 0.25) is 0 Å². The fourth-order valence-electron chi connectivity index (χ4n) is 3.29. The third kappa shape index (κ3) is 6.14. The third-order valence-electron chi connectivity index (χ3n) is 4.59. The number of benzene rings is 1. The fraction of sp³-hybridized carbons (Fsp3) is 0.571. The van der Waals surface area contributed by atoms with Crippen LogP contribution in [0.2, 0.25) is 0 Å². The SMILES string of the molecule is CCOC(=O)C(C=N[C@@H](C)[C@@H](c1ccccc1)N1CCOCC1)C(=O)OCC. The van der Waals surface area contributed by atoms with Gasteiger partial charge in [-0.3, -0.25) is 19.5 Å². The molecule has 1 fully saturated rings. The van der Waals surface area contributed by atoms with Crippen LogP contribution in [-0.4, -0.2) is 68.6 Å². The van der Waals surface area contributed by atoms with Crippen LogP contribution in [0.5, 0.6) is 0 Å². The highest BCUT2D eigenvalue weighted by atomic mass is 16.6.